The van der Waals surface area contributed by atoms with Gasteiger partial charge in [-0.15, -0.1) is 0 Å². The molecule has 0 N–H and O–H groups in total. The molecular formula is C16H19N. The lowest BCUT2D eigenvalue weighted by molar-refractivity contribution is 0.858. The summed E-state index contributed by atoms with van der Waals surface area (Å²) in [6, 6.07) is 8.68. The maximum Gasteiger partial charge on any atom is 0.0346 e. The van der Waals surface area contributed by atoms with E-state index in [1.165, 1.54) is 27.8 Å². The Morgan fingerprint density at radius 1 is 1.00 bits per heavy atom. The van der Waals surface area contributed by atoms with Gasteiger partial charge in [0.2, 0.25) is 0 Å². The summed E-state index contributed by atoms with van der Waals surface area (Å²) < 4.78 is 0. The number of aryl methyl sites for hydroxylation is 2. The molecule has 0 spiro atoms. The quantitative estimate of drug-likeness (QED) is 0.734. The van der Waals surface area contributed by atoms with Crippen LogP contribution in [0, 0.1) is 13.8 Å². The van der Waals surface area contributed by atoms with Crippen LogP contribution in [0.25, 0.3) is 11.1 Å². The number of benzene rings is 1. The number of nitrogens with zero attached hydrogens (tertiary/aromatic N) is 1. The number of hydrogen-bond donors (Lipinski definition) is 0. The molecule has 0 unspecified atom stereocenters. The molecule has 0 saturated carbocycles. The van der Waals surface area contributed by atoms with Crippen LogP contribution in [0.1, 0.15) is 36.5 Å². The van der Waals surface area contributed by atoms with Crippen molar-refractivity contribution in [1.29, 1.82) is 0 Å². The van der Waals surface area contributed by atoms with Crippen molar-refractivity contribution in [2.24, 2.45) is 0 Å². The lowest BCUT2D eigenvalue weighted by Gasteiger charge is -2.12. The molecule has 0 aliphatic heterocycles. The summed E-state index contributed by atoms with van der Waals surface area (Å²) in [5.41, 5.74) is 6.47. The minimum absolute atomic E-state index is 0.520. The summed E-state index contributed by atoms with van der Waals surface area (Å²) in [6.07, 6.45) is 3.92. The first-order valence-corrected chi connectivity index (χ1v) is 6.11. The molecule has 1 heterocycles. The van der Waals surface area contributed by atoms with E-state index in [0.29, 0.717) is 5.92 Å². The molecule has 88 valence electrons. The fourth-order valence-electron chi connectivity index (χ4n) is 2.18. The predicted octanol–water partition coefficient (Wildman–Crippen LogP) is 4.49. The van der Waals surface area contributed by atoms with E-state index < -0.39 is 0 Å². The normalized spacial score (nSPS) is 10.9. The zero-order valence-electron chi connectivity index (χ0n) is 11.0. The van der Waals surface area contributed by atoms with Crippen LogP contribution in [0.5, 0.6) is 0 Å². The van der Waals surface area contributed by atoms with Gasteiger partial charge in [0, 0.05) is 18.0 Å². The molecule has 1 aromatic heterocycles. The van der Waals surface area contributed by atoms with Crippen LogP contribution in [0.15, 0.2) is 36.7 Å². The van der Waals surface area contributed by atoms with Crippen molar-refractivity contribution >= 4 is 0 Å². The third-order valence-corrected chi connectivity index (χ3v) is 3.20. The molecule has 0 bridgehead atoms. The van der Waals surface area contributed by atoms with Crippen molar-refractivity contribution in [3.63, 3.8) is 0 Å². The summed E-state index contributed by atoms with van der Waals surface area (Å²) >= 11 is 0. The molecule has 0 aliphatic carbocycles. The fourth-order valence-corrected chi connectivity index (χ4v) is 2.18. The van der Waals surface area contributed by atoms with E-state index in [1.54, 1.807) is 0 Å². The smallest absolute Gasteiger partial charge is 0.0346 e. The van der Waals surface area contributed by atoms with E-state index in [2.05, 4.69) is 56.9 Å². The van der Waals surface area contributed by atoms with E-state index in [-0.39, 0.29) is 0 Å². The van der Waals surface area contributed by atoms with Crippen LogP contribution in [0.3, 0.4) is 0 Å². The maximum atomic E-state index is 4.36. The molecule has 1 aromatic carbocycles. The molecule has 2 rings (SSSR count). The first-order valence-electron chi connectivity index (χ1n) is 6.11. The zero-order chi connectivity index (χ0) is 12.4. The number of hydrogen-bond acceptors (Lipinski definition) is 1. The average molecular weight is 225 g/mol. The van der Waals surface area contributed by atoms with E-state index in [4.69, 9.17) is 0 Å². The molecule has 17 heavy (non-hydrogen) atoms. The molecule has 1 heteroatoms. The van der Waals surface area contributed by atoms with Gasteiger partial charge in [0.15, 0.2) is 0 Å². The van der Waals surface area contributed by atoms with E-state index in [1.807, 2.05) is 12.4 Å². The summed E-state index contributed by atoms with van der Waals surface area (Å²) in [7, 11) is 0. The van der Waals surface area contributed by atoms with Gasteiger partial charge < -0.3 is 0 Å². The molecular weight excluding hydrogens is 206 g/mol. The van der Waals surface area contributed by atoms with Crippen molar-refractivity contribution in [1.82, 2.24) is 4.98 Å². The maximum absolute atomic E-state index is 4.36. The van der Waals surface area contributed by atoms with Gasteiger partial charge in [-0.25, -0.2) is 0 Å². The summed E-state index contributed by atoms with van der Waals surface area (Å²) in [6.45, 7) is 8.71. The van der Waals surface area contributed by atoms with Crippen molar-refractivity contribution in [3.8, 4) is 11.1 Å². The third kappa shape index (κ3) is 2.38. The molecule has 2 aromatic rings. The van der Waals surface area contributed by atoms with Crippen molar-refractivity contribution in [2.45, 2.75) is 33.6 Å². The Hall–Kier alpha value is -1.63. The van der Waals surface area contributed by atoms with Gasteiger partial charge in [0.1, 0.15) is 0 Å². The standard InChI is InChI=1S/C16H19N/c1-11(2)14-8-15(10-17-9-14)16-12(3)6-5-7-13(16)4/h5-11H,1-4H3. The minimum atomic E-state index is 0.520. The summed E-state index contributed by atoms with van der Waals surface area (Å²) in [4.78, 5) is 4.36. The molecule has 0 fully saturated rings. The van der Waals surface area contributed by atoms with Gasteiger partial charge in [-0.3, -0.25) is 4.98 Å². The van der Waals surface area contributed by atoms with Crippen LogP contribution in [-0.4, -0.2) is 4.98 Å². The second-order valence-electron chi connectivity index (χ2n) is 4.93. The Balaban J connectivity index is 2.57. The minimum Gasteiger partial charge on any atom is -0.264 e. The van der Waals surface area contributed by atoms with Crippen LogP contribution in [0.2, 0.25) is 0 Å². The Kier molecular flexibility index (Phi) is 3.28. The topological polar surface area (TPSA) is 12.9 Å². The van der Waals surface area contributed by atoms with Crippen molar-refractivity contribution in [3.05, 3.63) is 53.3 Å². The van der Waals surface area contributed by atoms with Gasteiger partial charge in [-0.05, 0) is 48.1 Å². The zero-order valence-corrected chi connectivity index (χ0v) is 11.0. The van der Waals surface area contributed by atoms with Crippen LogP contribution >= 0.6 is 0 Å². The number of rotatable bonds is 2. The Bertz CT molecular complexity index is 507. The average Bonchev–Trinajstić information content (AvgIpc) is 2.29. The Labute approximate surface area is 104 Å². The van der Waals surface area contributed by atoms with E-state index >= 15 is 0 Å². The van der Waals surface area contributed by atoms with Gasteiger partial charge in [0.05, 0.1) is 0 Å². The molecule has 1 nitrogen and oxygen atoms in total. The highest BCUT2D eigenvalue weighted by Gasteiger charge is 2.07. The molecule has 0 amide bonds. The van der Waals surface area contributed by atoms with Crippen LogP contribution in [-0.2, 0) is 0 Å². The SMILES string of the molecule is Cc1cccc(C)c1-c1cncc(C(C)C)c1. The van der Waals surface area contributed by atoms with Crippen molar-refractivity contribution < 1.29 is 0 Å². The summed E-state index contributed by atoms with van der Waals surface area (Å²) in [5.74, 6) is 0.520. The number of pyridine rings is 1. The van der Waals surface area contributed by atoms with E-state index in [0.717, 1.165) is 0 Å². The fraction of sp³-hybridized carbons (Fsp3) is 0.312. The first-order chi connectivity index (χ1) is 8.09. The highest BCUT2D eigenvalue weighted by molar-refractivity contribution is 5.70. The third-order valence-electron chi connectivity index (χ3n) is 3.20. The highest BCUT2D eigenvalue weighted by Crippen LogP contribution is 2.28. The summed E-state index contributed by atoms with van der Waals surface area (Å²) in [5, 5.41) is 0. The van der Waals surface area contributed by atoms with E-state index in [9.17, 15) is 0 Å². The highest BCUT2D eigenvalue weighted by atomic mass is 14.6. The molecule has 0 atom stereocenters. The number of aromatic nitrogens is 1. The molecule has 0 radical (unpaired) electrons. The largest absolute Gasteiger partial charge is 0.264 e. The Morgan fingerprint density at radius 2 is 1.65 bits per heavy atom. The van der Waals surface area contributed by atoms with Gasteiger partial charge >= 0.3 is 0 Å². The van der Waals surface area contributed by atoms with Gasteiger partial charge in [0.25, 0.3) is 0 Å². The van der Waals surface area contributed by atoms with Crippen molar-refractivity contribution in [2.75, 3.05) is 0 Å². The monoisotopic (exact) mass is 225 g/mol. The van der Waals surface area contributed by atoms with Crippen LogP contribution in [0.4, 0.5) is 0 Å². The lowest BCUT2D eigenvalue weighted by atomic mass is 9.94. The molecule has 0 saturated heterocycles. The molecule has 0 aliphatic rings. The predicted molar refractivity (Wildman–Crippen MR) is 73.2 cm³/mol. The lowest BCUT2D eigenvalue weighted by Crippen LogP contribution is -1.93. The Morgan fingerprint density at radius 3 is 2.24 bits per heavy atom. The second kappa shape index (κ2) is 4.70. The van der Waals surface area contributed by atoms with Crippen LogP contribution < -0.4 is 0 Å². The van der Waals surface area contributed by atoms with Gasteiger partial charge in [-0.1, -0.05) is 32.0 Å². The first kappa shape index (κ1) is 11.8. The second-order valence-corrected chi connectivity index (χ2v) is 4.93. The van der Waals surface area contributed by atoms with Gasteiger partial charge in [-0.2, -0.15) is 0 Å².